The van der Waals surface area contributed by atoms with Gasteiger partial charge in [0.15, 0.2) is 5.03 Å². The van der Waals surface area contributed by atoms with E-state index in [9.17, 15) is 10.1 Å². The van der Waals surface area contributed by atoms with Crippen LogP contribution in [0.3, 0.4) is 0 Å². The number of rotatable bonds is 3. The van der Waals surface area contributed by atoms with Gasteiger partial charge < -0.3 is 0 Å². The molecule has 1 aromatic carbocycles. The molecule has 0 atom stereocenters. The standard InChI is InChI=1S/C11H10N2O2S/c1-2-16-11-10(13(14)15)7-8-5-3-4-6-9(8)12-11/h3-7H,2H2,1H3. The zero-order valence-corrected chi connectivity index (χ0v) is 9.53. The Hall–Kier alpha value is -1.62. The third kappa shape index (κ3) is 1.99. The van der Waals surface area contributed by atoms with Crippen LogP contribution in [-0.2, 0) is 0 Å². The first-order chi connectivity index (χ1) is 7.72. The molecule has 1 heterocycles. The summed E-state index contributed by atoms with van der Waals surface area (Å²) < 4.78 is 0. The Balaban J connectivity index is 2.65. The minimum Gasteiger partial charge on any atom is -0.258 e. The summed E-state index contributed by atoms with van der Waals surface area (Å²) >= 11 is 1.39. The third-order valence-electron chi connectivity index (χ3n) is 2.15. The Labute approximate surface area is 96.8 Å². The number of nitro groups is 1. The Kier molecular flexibility index (Phi) is 3.05. The molecule has 0 radical (unpaired) electrons. The van der Waals surface area contributed by atoms with Gasteiger partial charge in [0, 0.05) is 11.5 Å². The lowest BCUT2D eigenvalue weighted by atomic mass is 10.2. The highest BCUT2D eigenvalue weighted by atomic mass is 32.2. The second kappa shape index (κ2) is 4.49. The fourth-order valence-electron chi connectivity index (χ4n) is 1.46. The first-order valence-corrected chi connectivity index (χ1v) is 5.88. The van der Waals surface area contributed by atoms with Crippen LogP contribution in [0.2, 0.25) is 0 Å². The highest BCUT2D eigenvalue weighted by Crippen LogP contribution is 2.30. The number of hydrogen-bond donors (Lipinski definition) is 0. The molecular weight excluding hydrogens is 224 g/mol. The van der Waals surface area contributed by atoms with Crippen molar-refractivity contribution in [1.82, 2.24) is 4.98 Å². The van der Waals surface area contributed by atoms with Crippen molar-refractivity contribution in [3.63, 3.8) is 0 Å². The highest BCUT2D eigenvalue weighted by Gasteiger charge is 2.16. The normalized spacial score (nSPS) is 10.6. The smallest absolute Gasteiger partial charge is 0.258 e. The number of pyridine rings is 1. The third-order valence-corrected chi connectivity index (χ3v) is 3.01. The molecule has 0 bridgehead atoms. The van der Waals surface area contributed by atoms with Gasteiger partial charge in [-0.2, -0.15) is 0 Å². The van der Waals surface area contributed by atoms with Crippen LogP contribution in [0.4, 0.5) is 5.69 Å². The molecule has 0 aliphatic rings. The van der Waals surface area contributed by atoms with E-state index in [0.29, 0.717) is 5.03 Å². The minimum absolute atomic E-state index is 0.0885. The van der Waals surface area contributed by atoms with E-state index in [0.717, 1.165) is 16.7 Å². The number of nitrogens with zero attached hydrogens (tertiary/aromatic N) is 2. The van der Waals surface area contributed by atoms with Crippen LogP contribution in [0.25, 0.3) is 10.9 Å². The van der Waals surface area contributed by atoms with E-state index in [1.54, 1.807) is 6.07 Å². The van der Waals surface area contributed by atoms with Gasteiger partial charge in [0.2, 0.25) is 0 Å². The van der Waals surface area contributed by atoms with Crippen LogP contribution in [0.1, 0.15) is 6.92 Å². The summed E-state index contributed by atoms with van der Waals surface area (Å²) in [5, 5.41) is 12.2. The van der Waals surface area contributed by atoms with Crippen molar-refractivity contribution in [2.75, 3.05) is 5.75 Å². The molecule has 4 nitrogen and oxygen atoms in total. The van der Waals surface area contributed by atoms with Crippen molar-refractivity contribution >= 4 is 28.4 Å². The second-order valence-corrected chi connectivity index (χ2v) is 4.45. The topological polar surface area (TPSA) is 56.0 Å². The zero-order valence-electron chi connectivity index (χ0n) is 8.71. The number of para-hydroxylation sites is 1. The van der Waals surface area contributed by atoms with E-state index in [2.05, 4.69) is 4.98 Å². The minimum atomic E-state index is -0.378. The summed E-state index contributed by atoms with van der Waals surface area (Å²) in [5.41, 5.74) is 0.884. The second-order valence-electron chi connectivity index (χ2n) is 3.20. The van der Waals surface area contributed by atoms with Gasteiger partial charge in [-0.25, -0.2) is 4.98 Å². The Morgan fingerprint density at radius 1 is 1.44 bits per heavy atom. The first-order valence-electron chi connectivity index (χ1n) is 4.89. The zero-order chi connectivity index (χ0) is 11.5. The van der Waals surface area contributed by atoms with Gasteiger partial charge in [0.1, 0.15) is 0 Å². The van der Waals surface area contributed by atoms with Crippen molar-refractivity contribution < 1.29 is 4.92 Å². The number of fused-ring (bicyclic) bond motifs is 1. The van der Waals surface area contributed by atoms with E-state index in [-0.39, 0.29) is 10.6 Å². The Morgan fingerprint density at radius 3 is 2.88 bits per heavy atom. The van der Waals surface area contributed by atoms with Crippen molar-refractivity contribution in [3.8, 4) is 0 Å². The maximum absolute atomic E-state index is 10.9. The predicted molar refractivity (Wildman–Crippen MR) is 64.8 cm³/mol. The van der Waals surface area contributed by atoms with Gasteiger partial charge in [-0.1, -0.05) is 36.9 Å². The number of hydrogen-bond acceptors (Lipinski definition) is 4. The van der Waals surface area contributed by atoms with Crippen LogP contribution in [0, 0.1) is 10.1 Å². The summed E-state index contributed by atoms with van der Waals surface area (Å²) in [6.45, 7) is 1.95. The van der Waals surface area contributed by atoms with E-state index >= 15 is 0 Å². The van der Waals surface area contributed by atoms with E-state index < -0.39 is 0 Å². The molecule has 0 amide bonds. The molecule has 0 aliphatic heterocycles. The van der Waals surface area contributed by atoms with Crippen molar-refractivity contribution in [2.45, 2.75) is 11.9 Å². The monoisotopic (exact) mass is 234 g/mol. The maximum atomic E-state index is 10.9. The van der Waals surface area contributed by atoms with Crippen LogP contribution >= 0.6 is 11.8 Å². The fourth-order valence-corrected chi connectivity index (χ4v) is 2.18. The first kappa shape index (κ1) is 10.9. The largest absolute Gasteiger partial charge is 0.302 e. The van der Waals surface area contributed by atoms with Gasteiger partial charge in [-0.3, -0.25) is 10.1 Å². The lowest BCUT2D eigenvalue weighted by Gasteiger charge is -2.02. The van der Waals surface area contributed by atoms with E-state index in [1.165, 1.54) is 11.8 Å². The number of thioether (sulfide) groups is 1. The van der Waals surface area contributed by atoms with Crippen molar-refractivity contribution in [1.29, 1.82) is 0 Å². The van der Waals surface area contributed by atoms with Crippen LogP contribution in [0.5, 0.6) is 0 Å². The Bertz CT molecular complexity index is 542. The van der Waals surface area contributed by atoms with E-state index in [4.69, 9.17) is 0 Å². The molecule has 2 rings (SSSR count). The molecule has 1 aromatic heterocycles. The molecule has 5 heteroatoms. The van der Waals surface area contributed by atoms with Crippen LogP contribution in [-0.4, -0.2) is 15.7 Å². The highest BCUT2D eigenvalue weighted by molar-refractivity contribution is 7.99. The van der Waals surface area contributed by atoms with Crippen LogP contribution < -0.4 is 0 Å². The van der Waals surface area contributed by atoms with Crippen molar-refractivity contribution in [3.05, 3.63) is 40.4 Å². The maximum Gasteiger partial charge on any atom is 0.302 e. The molecule has 0 unspecified atom stereocenters. The molecule has 0 saturated heterocycles. The molecule has 0 N–H and O–H groups in total. The molecule has 0 aliphatic carbocycles. The van der Waals surface area contributed by atoms with Gasteiger partial charge in [0.05, 0.1) is 10.4 Å². The molecule has 2 aromatic rings. The molecule has 82 valence electrons. The van der Waals surface area contributed by atoms with Crippen molar-refractivity contribution in [2.24, 2.45) is 0 Å². The van der Waals surface area contributed by atoms with Gasteiger partial charge in [-0.05, 0) is 11.8 Å². The molecule has 0 saturated carbocycles. The van der Waals surface area contributed by atoms with Gasteiger partial charge in [0.25, 0.3) is 0 Å². The molecule has 0 spiro atoms. The summed E-state index contributed by atoms with van der Waals surface area (Å²) in [7, 11) is 0. The summed E-state index contributed by atoms with van der Waals surface area (Å²) in [6, 6.07) is 9.00. The fraction of sp³-hybridized carbons (Fsp3) is 0.182. The number of benzene rings is 1. The summed E-state index contributed by atoms with van der Waals surface area (Å²) in [6.07, 6.45) is 0. The average Bonchev–Trinajstić information content (AvgIpc) is 2.28. The SMILES string of the molecule is CCSc1nc2ccccc2cc1[N+](=O)[O-]. The summed E-state index contributed by atoms with van der Waals surface area (Å²) in [4.78, 5) is 14.8. The van der Waals surface area contributed by atoms with Gasteiger partial charge in [-0.15, -0.1) is 0 Å². The quantitative estimate of drug-likeness (QED) is 0.464. The summed E-state index contributed by atoms with van der Waals surface area (Å²) in [5.74, 6) is 0.770. The number of aromatic nitrogens is 1. The lowest BCUT2D eigenvalue weighted by Crippen LogP contribution is -1.94. The molecule has 0 fully saturated rings. The van der Waals surface area contributed by atoms with Crippen LogP contribution in [0.15, 0.2) is 35.4 Å². The van der Waals surface area contributed by atoms with E-state index in [1.807, 2.05) is 31.2 Å². The average molecular weight is 234 g/mol. The molecular formula is C11H10N2O2S. The molecule has 16 heavy (non-hydrogen) atoms. The Morgan fingerprint density at radius 2 is 2.19 bits per heavy atom. The van der Waals surface area contributed by atoms with Gasteiger partial charge >= 0.3 is 5.69 Å². The lowest BCUT2D eigenvalue weighted by molar-refractivity contribution is -0.388. The predicted octanol–water partition coefficient (Wildman–Crippen LogP) is 3.26.